The van der Waals surface area contributed by atoms with Gasteiger partial charge >= 0.3 is 0 Å². The first-order chi connectivity index (χ1) is 16.3. The Morgan fingerprint density at radius 3 is 2.71 bits per heavy atom. The Labute approximate surface area is 203 Å². The second kappa shape index (κ2) is 8.13. The molecule has 3 unspecified atom stereocenters. The van der Waals surface area contributed by atoms with Crippen LogP contribution in [0.3, 0.4) is 0 Å². The molecule has 5 aliphatic carbocycles. The van der Waals surface area contributed by atoms with Crippen LogP contribution in [0.1, 0.15) is 65.7 Å². The smallest absolute Gasteiger partial charge is 0.155 e. The molecule has 0 aromatic heterocycles. The fourth-order valence-electron chi connectivity index (χ4n) is 10.1. The second-order valence-electron chi connectivity index (χ2n) is 12.9. The van der Waals surface area contributed by atoms with Gasteiger partial charge in [-0.2, -0.15) is 5.11 Å². The average Bonchev–Trinajstić information content (AvgIpc) is 3.34. The topological polar surface area (TPSA) is 65.3 Å². The molecule has 34 heavy (non-hydrogen) atoms. The van der Waals surface area contributed by atoms with Crippen LogP contribution in [0.2, 0.25) is 0 Å². The third-order valence-electron chi connectivity index (χ3n) is 11.4. The number of halogens is 1. The lowest BCUT2D eigenvalue weighted by Crippen LogP contribution is -2.51. The van der Waals surface area contributed by atoms with E-state index in [2.05, 4.69) is 31.2 Å². The lowest BCUT2D eigenvalue weighted by Gasteiger charge is -2.57. The molecule has 0 aliphatic heterocycles. The molecule has 5 aliphatic rings. The summed E-state index contributed by atoms with van der Waals surface area (Å²) in [5, 5.41) is 6.64. The second-order valence-corrected chi connectivity index (χ2v) is 12.9. The Hall–Kier alpha value is -1.78. The molecule has 184 valence electrons. The average molecular weight is 466 g/mol. The van der Waals surface area contributed by atoms with Crippen molar-refractivity contribution in [2.24, 2.45) is 69.7 Å². The van der Waals surface area contributed by atoms with Crippen molar-refractivity contribution in [2.75, 3.05) is 11.9 Å². The first-order valence-electron chi connectivity index (χ1n) is 13.8. The maximum atomic E-state index is 13.8. The quantitative estimate of drug-likeness (QED) is 0.443. The van der Waals surface area contributed by atoms with Crippen molar-refractivity contribution >= 4 is 17.2 Å². The predicted molar refractivity (Wildman–Crippen MR) is 131 cm³/mol. The zero-order valence-corrected chi connectivity index (χ0v) is 20.9. The highest BCUT2D eigenvalue weighted by Crippen LogP contribution is 2.76. The van der Waals surface area contributed by atoms with Crippen molar-refractivity contribution in [1.29, 1.82) is 5.53 Å². The number of ketones is 1. The third-order valence-corrected chi connectivity index (χ3v) is 11.4. The van der Waals surface area contributed by atoms with Crippen LogP contribution in [0.15, 0.2) is 23.3 Å². The molecule has 6 rings (SSSR count). The highest BCUT2D eigenvalue weighted by atomic mass is 19.1. The minimum absolute atomic E-state index is 0.111. The molecular formula is C29H40FN3O. The molecule has 0 saturated heterocycles. The van der Waals surface area contributed by atoms with Gasteiger partial charge in [0.15, 0.2) is 5.78 Å². The van der Waals surface area contributed by atoms with E-state index in [-0.39, 0.29) is 29.5 Å². The summed E-state index contributed by atoms with van der Waals surface area (Å²) >= 11 is 0. The predicted octanol–water partition coefficient (Wildman–Crippen LogP) is 7.48. The van der Waals surface area contributed by atoms with Crippen LogP contribution in [0, 0.1) is 75.9 Å². The van der Waals surface area contributed by atoms with Crippen LogP contribution < -0.4 is 5.32 Å². The Morgan fingerprint density at radius 2 is 1.91 bits per heavy atom. The largest absolute Gasteiger partial charge is 0.376 e. The number of fused-ring (bicyclic) bond motifs is 7. The van der Waals surface area contributed by atoms with Gasteiger partial charge in [-0.15, -0.1) is 0 Å². The number of hydrogen-bond acceptors (Lipinski definition) is 4. The fourth-order valence-corrected chi connectivity index (χ4v) is 10.1. The van der Waals surface area contributed by atoms with Crippen LogP contribution in [0.5, 0.6) is 0 Å². The molecule has 5 fully saturated rings. The van der Waals surface area contributed by atoms with Crippen molar-refractivity contribution in [3.05, 3.63) is 24.0 Å². The van der Waals surface area contributed by atoms with E-state index in [4.69, 9.17) is 5.53 Å². The number of carbonyl (C=O) groups is 1. The Balaban J connectivity index is 1.21. The maximum absolute atomic E-state index is 13.8. The Kier molecular flexibility index (Phi) is 5.42. The van der Waals surface area contributed by atoms with Gasteiger partial charge in [0.05, 0.1) is 12.2 Å². The number of nitrogens with one attached hydrogen (secondary N) is 2. The van der Waals surface area contributed by atoms with E-state index in [0.29, 0.717) is 29.1 Å². The summed E-state index contributed by atoms with van der Waals surface area (Å²) in [6, 6.07) is 4.14. The summed E-state index contributed by atoms with van der Waals surface area (Å²) in [6.07, 6.45) is 9.58. The first kappa shape index (κ1) is 22.7. The number of nitrogens with zero attached hydrogens (tertiary/aromatic N) is 1. The lowest BCUT2D eigenvalue weighted by atomic mass is 9.47. The molecule has 1 aromatic rings. The zero-order valence-electron chi connectivity index (χ0n) is 20.9. The number of hydrogen-bond donors (Lipinski definition) is 2. The van der Waals surface area contributed by atoms with Crippen LogP contribution in [0.4, 0.5) is 15.8 Å². The number of anilines is 1. The van der Waals surface area contributed by atoms with Gasteiger partial charge in [0.25, 0.3) is 0 Å². The molecule has 4 nitrogen and oxygen atoms in total. The van der Waals surface area contributed by atoms with Crippen molar-refractivity contribution in [3.8, 4) is 0 Å². The summed E-state index contributed by atoms with van der Waals surface area (Å²) in [6.45, 7) is 7.47. The van der Waals surface area contributed by atoms with Crippen molar-refractivity contribution in [3.63, 3.8) is 0 Å². The number of Topliss-reactive ketones (excluding diaryl/α,β-unsaturated/α-hetero) is 1. The third kappa shape index (κ3) is 3.32. The highest BCUT2D eigenvalue weighted by molar-refractivity contribution is 5.88. The highest BCUT2D eigenvalue weighted by Gasteiger charge is 2.73. The number of carbonyl (C=O) groups excluding carboxylic acids is 1. The van der Waals surface area contributed by atoms with E-state index < -0.39 is 0 Å². The summed E-state index contributed by atoms with van der Waals surface area (Å²) in [5.74, 6) is 7.11. The van der Waals surface area contributed by atoms with Gasteiger partial charge in [0, 0.05) is 5.92 Å². The first-order valence-corrected chi connectivity index (χ1v) is 13.8. The molecule has 0 spiro atoms. The molecule has 0 radical (unpaired) electrons. The normalized spacial score (nSPS) is 46.5. The van der Waals surface area contributed by atoms with Gasteiger partial charge in [-0.3, -0.25) is 4.79 Å². The minimum atomic E-state index is -0.378. The molecule has 2 N–H and O–H groups in total. The Morgan fingerprint density at radius 1 is 1.12 bits per heavy atom. The van der Waals surface area contributed by atoms with E-state index >= 15 is 0 Å². The van der Waals surface area contributed by atoms with Gasteiger partial charge in [0.1, 0.15) is 11.5 Å². The molecule has 11 atom stereocenters. The summed E-state index contributed by atoms with van der Waals surface area (Å²) in [4.78, 5) is 13.7. The maximum Gasteiger partial charge on any atom is 0.155 e. The SMILES string of the molecule is C[C@H]1CC[C@@H]2C3CC[C@@]4(C)C(C3CC[C@@H]2C1)[C@@H]1[C@H](C)[C@@H]1[C@@H]4C(=O)CNc1cc(F)ccc1N=N. The van der Waals surface area contributed by atoms with Crippen LogP contribution >= 0.6 is 0 Å². The molecule has 5 saturated carbocycles. The van der Waals surface area contributed by atoms with Gasteiger partial charge in [0.2, 0.25) is 0 Å². The number of rotatable bonds is 5. The summed E-state index contributed by atoms with van der Waals surface area (Å²) in [5.41, 5.74) is 8.29. The van der Waals surface area contributed by atoms with Gasteiger partial charge in [-0.25, -0.2) is 9.92 Å². The molecule has 0 heterocycles. The van der Waals surface area contributed by atoms with Crippen LogP contribution in [-0.2, 0) is 4.79 Å². The molecule has 0 bridgehead atoms. The molecule has 1 aromatic carbocycles. The van der Waals surface area contributed by atoms with Gasteiger partial charge in [-0.1, -0.05) is 27.2 Å². The van der Waals surface area contributed by atoms with Gasteiger partial charge < -0.3 is 5.32 Å². The van der Waals surface area contributed by atoms with E-state index in [1.165, 1.54) is 63.1 Å². The number of benzene rings is 1. The van der Waals surface area contributed by atoms with Crippen LogP contribution in [-0.4, -0.2) is 12.3 Å². The van der Waals surface area contributed by atoms with E-state index in [0.717, 1.165) is 35.5 Å². The molecular weight excluding hydrogens is 425 g/mol. The van der Waals surface area contributed by atoms with E-state index in [1.54, 1.807) is 0 Å². The van der Waals surface area contributed by atoms with E-state index in [1.807, 2.05) is 0 Å². The monoisotopic (exact) mass is 465 g/mol. The van der Waals surface area contributed by atoms with Gasteiger partial charge in [-0.05, 0) is 115 Å². The minimum Gasteiger partial charge on any atom is -0.376 e. The van der Waals surface area contributed by atoms with Crippen molar-refractivity contribution < 1.29 is 9.18 Å². The summed E-state index contributed by atoms with van der Waals surface area (Å²) in [7, 11) is 0. The Bertz CT molecular complexity index is 996. The lowest BCUT2D eigenvalue weighted by molar-refractivity contribution is -0.132. The van der Waals surface area contributed by atoms with Crippen LogP contribution in [0.25, 0.3) is 0 Å². The van der Waals surface area contributed by atoms with Crippen molar-refractivity contribution in [1.82, 2.24) is 0 Å². The molecule has 5 heteroatoms. The standard InChI is InChI=1S/C29H40FN3O/c1-15-4-7-19-17(12-15)5-8-21-20(19)10-11-29(3)27(21)25-16(2)26(25)28(29)24(34)14-32-23-13-18(30)6-9-22(23)33-31/h6,9,13,15-17,19-21,25-28,31-32H,4-5,7-8,10-12,14H2,1-3H3/t15-,16-,17+,19-,20?,21?,25+,26-,27?,28-,29-/m0/s1. The molecule has 0 amide bonds. The van der Waals surface area contributed by atoms with E-state index in [9.17, 15) is 9.18 Å². The fraction of sp³-hybridized carbons (Fsp3) is 0.759. The summed E-state index contributed by atoms with van der Waals surface area (Å²) < 4.78 is 13.8. The zero-order chi connectivity index (χ0) is 23.8. The van der Waals surface area contributed by atoms with Crippen molar-refractivity contribution in [2.45, 2.75) is 65.7 Å².